The number of nitrogens with one attached hydrogen (secondary N) is 2. The molecule has 110 valence electrons. The number of benzene rings is 1. The third-order valence-corrected chi connectivity index (χ3v) is 4.71. The molecule has 1 amide bonds. The lowest BCUT2D eigenvalue weighted by atomic mass is 9.84. The zero-order valence-electron chi connectivity index (χ0n) is 12.2. The van der Waals surface area contributed by atoms with Crippen LogP contribution in [0.15, 0.2) is 28.7 Å². The zero-order valence-corrected chi connectivity index (χ0v) is 13.8. The van der Waals surface area contributed by atoms with Crippen LogP contribution in [0.5, 0.6) is 0 Å². The van der Waals surface area contributed by atoms with E-state index in [0.717, 1.165) is 30.4 Å². The van der Waals surface area contributed by atoms with Gasteiger partial charge in [-0.3, -0.25) is 4.79 Å². The molecular formula is C16H23BrN2O. The first kappa shape index (κ1) is 15.5. The molecule has 0 unspecified atom stereocenters. The number of halogens is 1. The second-order valence-electron chi connectivity index (χ2n) is 6.11. The van der Waals surface area contributed by atoms with Crippen LogP contribution >= 0.6 is 15.9 Å². The molecular weight excluding hydrogens is 316 g/mol. The standard InChI is InChI=1S/C16H23BrN2O/c1-16(2,13-5-3-4-6-14(13)17)11-19-15(20)12-7-9-18-10-8-12/h3-6,12,18H,7-11H2,1-2H3,(H,19,20). The number of hydrogen-bond acceptors (Lipinski definition) is 2. The van der Waals surface area contributed by atoms with Crippen molar-refractivity contribution in [3.05, 3.63) is 34.3 Å². The van der Waals surface area contributed by atoms with Crippen molar-refractivity contribution in [2.45, 2.75) is 32.1 Å². The van der Waals surface area contributed by atoms with Gasteiger partial charge in [-0.25, -0.2) is 0 Å². The number of hydrogen-bond donors (Lipinski definition) is 2. The van der Waals surface area contributed by atoms with Gasteiger partial charge in [0.1, 0.15) is 0 Å². The fourth-order valence-corrected chi connectivity index (χ4v) is 3.46. The molecule has 0 bridgehead atoms. The predicted octanol–water partition coefficient (Wildman–Crippen LogP) is 2.84. The van der Waals surface area contributed by atoms with Gasteiger partial charge in [-0.05, 0) is 37.6 Å². The van der Waals surface area contributed by atoms with Crippen LogP contribution in [0, 0.1) is 5.92 Å². The quantitative estimate of drug-likeness (QED) is 0.886. The molecule has 2 N–H and O–H groups in total. The number of carbonyl (C=O) groups excluding carboxylic acids is 1. The van der Waals surface area contributed by atoms with Crippen molar-refractivity contribution >= 4 is 21.8 Å². The van der Waals surface area contributed by atoms with Crippen LogP contribution in [0.4, 0.5) is 0 Å². The van der Waals surface area contributed by atoms with E-state index in [9.17, 15) is 4.79 Å². The first-order valence-corrected chi connectivity index (χ1v) is 8.03. The maximum absolute atomic E-state index is 12.2. The average molecular weight is 339 g/mol. The molecule has 1 aliphatic heterocycles. The Morgan fingerprint density at radius 2 is 2.00 bits per heavy atom. The van der Waals surface area contributed by atoms with Gasteiger partial charge in [-0.2, -0.15) is 0 Å². The van der Waals surface area contributed by atoms with Gasteiger partial charge in [0.2, 0.25) is 5.91 Å². The molecule has 0 aliphatic carbocycles. The van der Waals surface area contributed by atoms with E-state index in [-0.39, 0.29) is 17.2 Å². The van der Waals surface area contributed by atoms with Gasteiger partial charge in [-0.1, -0.05) is 48.0 Å². The molecule has 0 atom stereocenters. The largest absolute Gasteiger partial charge is 0.355 e. The highest BCUT2D eigenvalue weighted by molar-refractivity contribution is 9.10. The van der Waals surface area contributed by atoms with Crippen LogP contribution < -0.4 is 10.6 Å². The Hall–Kier alpha value is -0.870. The van der Waals surface area contributed by atoms with Gasteiger partial charge in [-0.15, -0.1) is 0 Å². The van der Waals surface area contributed by atoms with Crippen molar-refractivity contribution < 1.29 is 4.79 Å². The highest BCUT2D eigenvalue weighted by Gasteiger charge is 2.26. The minimum absolute atomic E-state index is 0.0807. The van der Waals surface area contributed by atoms with E-state index in [1.807, 2.05) is 18.2 Å². The summed E-state index contributed by atoms with van der Waals surface area (Å²) in [5.41, 5.74) is 1.15. The molecule has 20 heavy (non-hydrogen) atoms. The third kappa shape index (κ3) is 3.83. The van der Waals surface area contributed by atoms with Crippen molar-refractivity contribution in [1.29, 1.82) is 0 Å². The van der Waals surface area contributed by atoms with Crippen molar-refractivity contribution in [2.24, 2.45) is 5.92 Å². The summed E-state index contributed by atoms with van der Waals surface area (Å²) in [6, 6.07) is 8.21. The first-order valence-electron chi connectivity index (χ1n) is 7.24. The van der Waals surface area contributed by atoms with Crippen LogP contribution in [-0.2, 0) is 10.2 Å². The summed E-state index contributed by atoms with van der Waals surface area (Å²) in [4.78, 5) is 12.2. The number of piperidine rings is 1. The van der Waals surface area contributed by atoms with Crippen molar-refractivity contribution in [3.8, 4) is 0 Å². The lowest BCUT2D eigenvalue weighted by Gasteiger charge is -2.29. The van der Waals surface area contributed by atoms with E-state index in [0.29, 0.717) is 6.54 Å². The second-order valence-corrected chi connectivity index (χ2v) is 6.96. The minimum Gasteiger partial charge on any atom is -0.355 e. The van der Waals surface area contributed by atoms with E-state index in [1.165, 1.54) is 5.56 Å². The molecule has 2 rings (SSSR count). The van der Waals surface area contributed by atoms with Crippen molar-refractivity contribution in [1.82, 2.24) is 10.6 Å². The van der Waals surface area contributed by atoms with Crippen molar-refractivity contribution in [3.63, 3.8) is 0 Å². The zero-order chi connectivity index (χ0) is 14.6. The molecule has 0 radical (unpaired) electrons. The smallest absolute Gasteiger partial charge is 0.223 e. The van der Waals surface area contributed by atoms with E-state index in [1.54, 1.807) is 0 Å². The molecule has 0 aromatic heterocycles. The molecule has 3 nitrogen and oxygen atoms in total. The van der Waals surface area contributed by atoms with E-state index >= 15 is 0 Å². The summed E-state index contributed by atoms with van der Waals surface area (Å²) >= 11 is 3.59. The topological polar surface area (TPSA) is 41.1 Å². The summed E-state index contributed by atoms with van der Waals surface area (Å²) < 4.78 is 1.10. The summed E-state index contributed by atoms with van der Waals surface area (Å²) in [5.74, 6) is 0.373. The summed E-state index contributed by atoms with van der Waals surface area (Å²) in [7, 11) is 0. The Morgan fingerprint density at radius 1 is 1.35 bits per heavy atom. The maximum Gasteiger partial charge on any atom is 0.223 e. The highest BCUT2D eigenvalue weighted by atomic mass is 79.9. The van der Waals surface area contributed by atoms with E-state index in [2.05, 4.69) is 46.5 Å². The molecule has 1 heterocycles. The molecule has 0 saturated carbocycles. The Balaban J connectivity index is 1.95. The Kier molecular flexibility index (Phi) is 5.22. The van der Waals surface area contributed by atoms with E-state index in [4.69, 9.17) is 0 Å². The van der Waals surface area contributed by atoms with Crippen LogP contribution in [0.25, 0.3) is 0 Å². The van der Waals surface area contributed by atoms with Crippen LogP contribution in [-0.4, -0.2) is 25.5 Å². The maximum atomic E-state index is 12.2. The fraction of sp³-hybridized carbons (Fsp3) is 0.562. The van der Waals surface area contributed by atoms with Crippen LogP contribution in [0.1, 0.15) is 32.3 Å². The number of amides is 1. The van der Waals surface area contributed by atoms with Gasteiger partial charge in [0.05, 0.1) is 0 Å². The molecule has 1 fully saturated rings. The normalized spacial score (nSPS) is 16.9. The fourth-order valence-electron chi connectivity index (χ4n) is 2.64. The van der Waals surface area contributed by atoms with Gasteiger partial charge in [0, 0.05) is 22.4 Å². The Labute approximate surface area is 129 Å². The summed E-state index contributed by atoms with van der Waals surface area (Å²) in [6.45, 7) is 6.89. The molecule has 1 aromatic rings. The SMILES string of the molecule is CC(C)(CNC(=O)C1CCNCC1)c1ccccc1Br. The molecule has 4 heteroatoms. The third-order valence-electron chi connectivity index (χ3n) is 4.02. The monoisotopic (exact) mass is 338 g/mol. The average Bonchev–Trinajstić information content (AvgIpc) is 2.46. The van der Waals surface area contributed by atoms with Crippen LogP contribution in [0.3, 0.4) is 0 Å². The predicted molar refractivity (Wildman–Crippen MR) is 85.8 cm³/mol. The first-order chi connectivity index (χ1) is 9.50. The van der Waals surface area contributed by atoms with E-state index < -0.39 is 0 Å². The van der Waals surface area contributed by atoms with Gasteiger partial charge < -0.3 is 10.6 Å². The second kappa shape index (κ2) is 6.72. The molecule has 1 aliphatic rings. The minimum atomic E-state index is -0.0807. The van der Waals surface area contributed by atoms with Gasteiger partial charge in [0.15, 0.2) is 0 Å². The van der Waals surface area contributed by atoms with Crippen LogP contribution in [0.2, 0.25) is 0 Å². The lowest BCUT2D eigenvalue weighted by Crippen LogP contribution is -2.42. The lowest BCUT2D eigenvalue weighted by molar-refractivity contribution is -0.125. The molecule has 0 spiro atoms. The Morgan fingerprint density at radius 3 is 2.65 bits per heavy atom. The number of carbonyl (C=O) groups is 1. The molecule has 1 aromatic carbocycles. The summed E-state index contributed by atoms with van der Waals surface area (Å²) in [6.07, 6.45) is 1.89. The van der Waals surface area contributed by atoms with Gasteiger partial charge >= 0.3 is 0 Å². The number of rotatable bonds is 4. The summed E-state index contributed by atoms with van der Waals surface area (Å²) in [5, 5.41) is 6.42. The highest BCUT2D eigenvalue weighted by Crippen LogP contribution is 2.29. The Bertz CT molecular complexity index is 467. The molecule has 1 saturated heterocycles. The van der Waals surface area contributed by atoms with Crippen molar-refractivity contribution in [2.75, 3.05) is 19.6 Å². The van der Waals surface area contributed by atoms with Gasteiger partial charge in [0.25, 0.3) is 0 Å².